The van der Waals surface area contributed by atoms with E-state index in [1.54, 1.807) is 36.5 Å². The molecule has 186 valence electrons. The van der Waals surface area contributed by atoms with Crippen LogP contribution in [0.25, 0.3) is 11.1 Å². The third kappa shape index (κ3) is 5.08. The largest absolute Gasteiger partial charge is 0.462 e. The van der Waals surface area contributed by atoms with Gasteiger partial charge in [-0.15, -0.1) is 11.3 Å². The normalized spacial score (nSPS) is 13.2. The highest BCUT2D eigenvalue weighted by molar-refractivity contribution is 7.15. The lowest BCUT2D eigenvalue weighted by Crippen LogP contribution is -2.14. The lowest BCUT2D eigenvalue weighted by atomic mass is 9.95. The Morgan fingerprint density at radius 2 is 1.97 bits per heavy atom. The molecular weight excluding hydrogens is 517 g/mol. The van der Waals surface area contributed by atoms with Crippen molar-refractivity contribution in [3.8, 4) is 11.1 Å². The van der Waals surface area contributed by atoms with Crippen LogP contribution in [0.2, 0.25) is 10.0 Å². The van der Waals surface area contributed by atoms with Gasteiger partial charge in [-0.25, -0.2) is 4.79 Å². The number of nitrogens with one attached hydrogen (secondary N) is 1. The molecule has 4 rings (SSSR count). The Kier molecular flexibility index (Phi) is 7.89. The average molecular weight is 542 g/mol. The molecule has 0 fully saturated rings. The van der Waals surface area contributed by atoms with Crippen molar-refractivity contribution < 1.29 is 14.3 Å². The van der Waals surface area contributed by atoms with E-state index in [2.05, 4.69) is 5.32 Å². The Balaban J connectivity index is 1.74. The van der Waals surface area contributed by atoms with Gasteiger partial charge in [0, 0.05) is 21.3 Å². The summed E-state index contributed by atoms with van der Waals surface area (Å²) in [5, 5.41) is 13.9. The number of rotatable bonds is 6. The third-order valence-corrected chi connectivity index (χ3v) is 7.99. The summed E-state index contributed by atoms with van der Waals surface area (Å²) in [4.78, 5) is 27.1. The minimum absolute atomic E-state index is 0.0811. The fourth-order valence-electron chi connectivity index (χ4n) is 4.46. The molecule has 0 atom stereocenters. The van der Waals surface area contributed by atoms with E-state index in [0.29, 0.717) is 33.5 Å². The van der Waals surface area contributed by atoms with Crippen LogP contribution in [0.1, 0.15) is 57.5 Å². The first-order chi connectivity index (χ1) is 17.2. The second-order valence-electron chi connectivity index (χ2n) is 8.52. The van der Waals surface area contributed by atoms with Crippen LogP contribution in [0.15, 0.2) is 29.8 Å². The molecule has 0 saturated heterocycles. The fraction of sp³-hybridized carbons (Fsp3) is 0.296. The molecule has 0 bridgehead atoms. The van der Waals surface area contributed by atoms with Crippen molar-refractivity contribution in [1.82, 2.24) is 4.57 Å². The highest BCUT2D eigenvalue weighted by Gasteiger charge is 2.28. The van der Waals surface area contributed by atoms with Gasteiger partial charge in [-0.05, 0) is 87.9 Å². The van der Waals surface area contributed by atoms with Crippen molar-refractivity contribution in [2.24, 2.45) is 0 Å². The molecule has 1 aliphatic rings. The molecule has 3 aromatic rings. The number of carbonyl (C=O) groups is 2. The quantitative estimate of drug-likeness (QED) is 0.205. The zero-order valence-electron chi connectivity index (χ0n) is 20.2. The van der Waals surface area contributed by atoms with E-state index in [1.165, 1.54) is 10.9 Å². The van der Waals surface area contributed by atoms with Gasteiger partial charge in [0.1, 0.15) is 16.6 Å². The number of fused-ring (bicyclic) bond motifs is 1. The second-order valence-corrected chi connectivity index (χ2v) is 10.4. The summed E-state index contributed by atoms with van der Waals surface area (Å²) < 4.78 is 7.43. The van der Waals surface area contributed by atoms with Gasteiger partial charge in [0.2, 0.25) is 0 Å². The van der Waals surface area contributed by atoms with Crippen molar-refractivity contribution in [2.75, 3.05) is 11.9 Å². The molecule has 0 saturated carbocycles. The Labute approximate surface area is 224 Å². The van der Waals surface area contributed by atoms with Crippen molar-refractivity contribution in [3.05, 3.63) is 72.8 Å². The summed E-state index contributed by atoms with van der Waals surface area (Å²) in [5.41, 5.74) is 4.36. The number of benzene rings is 1. The molecular formula is C27H25Cl2N3O3S. The van der Waals surface area contributed by atoms with Crippen LogP contribution in [0.4, 0.5) is 5.69 Å². The van der Waals surface area contributed by atoms with Gasteiger partial charge in [0.15, 0.2) is 0 Å². The van der Waals surface area contributed by atoms with E-state index in [4.69, 9.17) is 27.9 Å². The molecule has 1 aromatic carbocycles. The average Bonchev–Trinajstić information content (AvgIpc) is 3.35. The standard InChI is InChI=1S/C27H25Cl2N3O3S/c1-4-35-27(34)24-20-7-5-6-8-23(20)36-26(24)32-15(2)11-17(16(32)3)12-18(14-30)25(33)31-22-13-19(28)9-10-21(22)29/h9-13H,4-8H2,1-3H3,(H,31,33). The van der Waals surface area contributed by atoms with E-state index < -0.39 is 5.91 Å². The number of aryl methyl sites for hydroxylation is 2. The predicted octanol–water partition coefficient (Wildman–Crippen LogP) is 7.06. The lowest BCUT2D eigenvalue weighted by molar-refractivity contribution is -0.112. The molecule has 2 aromatic heterocycles. The fourth-order valence-corrected chi connectivity index (χ4v) is 6.28. The monoisotopic (exact) mass is 541 g/mol. The van der Waals surface area contributed by atoms with Crippen LogP contribution in [0, 0.1) is 25.2 Å². The molecule has 0 spiro atoms. The first-order valence-electron chi connectivity index (χ1n) is 11.6. The number of hydrogen-bond acceptors (Lipinski definition) is 5. The van der Waals surface area contributed by atoms with Crippen molar-refractivity contribution in [3.63, 3.8) is 0 Å². The van der Waals surface area contributed by atoms with Crippen molar-refractivity contribution in [2.45, 2.75) is 46.5 Å². The first-order valence-corrected chi connectivity index (χ1v) is 13.2. The summed E-state index contributed by atoms with van der Waals surface area (Å²) >= 11 is 13.8. The summed E-state index contributed by atoms with van der Waals surface area (Å²) in [6, 6.07) is 8.59. The summed E-state index contributed by atoms with van der Waals surface area (Å²) in [6.07, 6.45) is 5.50. The van der Waals surface area contributed by atoms with Gasteiger partial charge in [0.25, 0.3) is 5.91 Å². The zero-order valence-corrected chi connectivity index (χ0v) is 22.5. The highest BCUT2D eigenvalue weighted by Crippen LogP contribution is 2.39. The van der Waals surface area contributed by atoms with E-state index in [1.807, 2.05) is 30.6 Å². The Morgan fingerprint density at radius 3 is 2.69 bits per heavy atom. The van der Waals surface area contributed by atoms with Crippen LogP contribution in [0.5, 0.6) is 0 Å². The topological polar surface area (TPSA) is 84.1 Å². The number of nitrogens with zero attached hydrogens (tertiary/aromatic N) is 2. The Hall–Kier alpha value is -3.05. The third-order valence-electron chi connectivity index (χ3n) is 6.15. The number of hydrogen-bond donors (Lipinski definition) is 1. The van der Waals surface area contributed by atoms with Gasteiger partial charge < -0.3 is 14.6 Å². The summed E-state index contributed by atoms with van der Waals surface area (Å²) in [5.74, 6) is -0.905. The Morgan fingerprint density at radius 1 is 1.22 bits per heavy atom. The number of esters is 1. The van der Waals surface area contributed by atoms with E-state index in [0.717, 1.165) is 47.6 Å². The van der Waals surface area contributed by atoms with Crippen LogP contribution in [0.3, 0.4) is 0 Å². The van der Waals surface area contributed by atoms with E-state index >= 15 is 0 Å². The van der Waals surface area contributed by atoms with E-state index in [9.17, 15) is 14.9 Å². The van der Waals surface area contributed by atoms with Crippen LogP contribution >= 0.6 is 34.5 Å². The molecule has 0 radical (unpaired) electrons. The number of halogens is 2. The molecule has 1 amide bonds. The maximum absolute atomic E-state index is 13.0. The van der Waals surface area contributed by atoms with Gasteiger partial charge in [-0.2, -0.15) is 5.26 Å². The number of anilines is 1. The number of amides is 1. The Bertz CT molecular complexity index is 1430. The molecule has 6 nitrogen and oxygen atoms in total. The zero-order chi connectivity index (χ0) is 26.0. The minimum Gasteiger partial charge on any atom is -0.462 e. The smallest absolute Gasteiger partial charge is 0.341 e. The number of carbonyl (C=O) groups excluding carboxylic acids is 2. The molecule has 1 aliphatic carbocycles. The molecule has 2 heterocycles. The SMILES string of the molecule is CCOC(=O)c1c(-n2c(C)cc(C=C(C#N)C(=O)Nc3cc(Cl)ccc3Cl)c2C)sc2c1CCCC2. The first kappa shape index (κ1) is 26.0. The molecule has 0 unspecified atom stereocenters. The maximum Gasteiger partial charge on any atom is 0.341 e. The molecule has 36 heavy (non-hydrogen) atoms. The number of nitriles is 1. The number of ether oxygens (including phenoxy) is 1. The van der Waals surface area contributed by atoms with Gasteiger partial charge in [-0.1, -0.05) is 23.2 Å². The number of thiophene rings is 1. The highest BCUT2D eigenvalue weighted by atomic mass is 35.5. The summed E-state index contributed by atoms with van der Waals surface area (Å²) in [7, 11) is 0. The van der Waals surface area contributed by atoms with E-state index in [-0.39, 0.29) is 11.5 Å². The van der Waals surface area contributed by atoms with Gasteiger partial charge in [-0.3, -0.25) is 4.79 Å². The predicted molar refractivity (Wildman–Crippen MR) is 144 cm³/mol. The van der Waals surface area contributed by atoms with Crippen LogP contribution in [-0.4, -0.2) is 23.1 Å². The second kappa shape index (κ2) is 10.9. The molecule has 0 aliphatic heterocycles. The van der Waals surface area contributed by atoms with Crippen molar-refractivity contribution in [1.29, 1.82) is 5.26 Å². The van der Waals surface area contributed by atoms with Gasteiger partial charge >= 0.3 is 5.97 Å². The molecule has 9 heteroatoms. The van der Waals surface area contributed by atoms with Crippen molar-refractivity contribution >= 4 is 58.2 Å². The lowest BCUT2D eigenvalue weighted by Gasteiger charge is -2.13. The molecule has 1 N–H and O–H groups in total. The van der Waals surface area contributed by atoms with Crippen LogP contribution in [-0.2, 0) is 22.4 Å². The summed E-state index contributed by atoms with van der Waals surface area (Å²) in [6.45, 7) is 5.96. The van der Waals surface area contributed by atoms with Crippen LogP contribution < -0.4 is 5.32 Å². The number of aromatic nitrogens is 1. The minimum atomic E-state index is -0.592. The maximum atomic E-state index is 13.0. The van der Waals surface area contributed by atoms with Gasteiger partial charge in [0.05, 0.1) is 22.9 Å².